The number of amides is 1. The SMILES string of the molecule is COc1ccc(C=CCNC(=O)c2cccnc2Cl)cn1. The van der Waals surface area contributed by atoms with Gasteiger partial charge in [0.2, 0.25) is 5.88 Å². The molecule has 1 amide bonds. The van der Waals surface area contributed by atoms with Gasteiger partial charge in [-0.3, -0.25) is 4.79 Å². The predicted octanol–water partition coefficient (Wildman–Crippen LogP) is 2.58. The van der Waals surface area contributed by atoms with Gasteiger partial charge in [-0.2, -0.15) is 0 Å². The number of hydrogen-bond donors (Lipinski definition) is 1. The number of nitrogens with zero attached hydrogens (tertiary/aromatic N) is 2. The summed E-state index contributed by atoms with van der Waals surface area (Å²) < 4.78 is 4.98. The highest BCUT2D eigenvalue weighted by Gasteiger charge is 2.08. The monoisotopic (exact) mass is 303 g/mol. The summed E-state index contributed by atoms with van der Waals surface area (Å²) in [6.07, 6.45) is 6.91. The van der Waals surface area contributed by atoms with Crippen LogP contribution in [0.25, 0.3) is 6.08 Å². The first-order valence-corrected chi connectivity index (χ1v) is 6.64. The first kappa shape index (κ1) is 15.0. The fraction of sp³-hybridized carbons (Fsp3) is 0.133. The van der Waals surface area contributed by atoms with Crippen molar-refractivity contribution in [1.29, 1.82) is 0 Å². The van der Waals surface area contributed by atoms with Crippen molar-refractivity contribution in [1.82, 2.24) is 15.3 Å². The van der Waals surface area contributed by atoms with Gasteiger partial charge in [-0.05, 0) is 23.8 Å². The second-order valence-corrected chi connectivity index (χ2v) is 4.45. The quantitative estimate of drug-likeness (QED) is 0.862. The maximum atomic E-state index is 11.9. The van der Waals surface area contributed by atoms with Gasteiger partial charge in [0.1, 0.15) is 5.15 Å². The van der Waals surface area contributed by atoms with E-state index in [0.29, 0.717) is 18.0 Å². The van der Waals surface area contributed by atoms with E-state index in [0.717, 1.165) is 5.56 Å². The fourth-order valence-electron chi connectivity index (χ4n) is 1.61. The Labute approximate surface area is 127 Å². The molecule has 2 aromatic heterocycles. The molecule has 0 radical (unpaired) electrons. The number of halogens is 1. The maximum absolute atomic E-state index is 11.9. The highest BCUT2D eigenvalue weighted by Crippen LogP contribution is 2.11. The molecule has 0 saturated heterocycles. The zero-order chi connectivity index (χ0) is 15.1. The van der Waals surface area contributed by atoms with E-state index in [1.807, 2.05) is 18.2 Å². The van der Waals surface area contributed by atoms with Crippen LogP contribution in [-0.2, 0) is 0 Å². The van der Waals surface area contributed by atoms with E-state index in [9.17, 15) is 4.79 Å². The number of carbonyl (C=O) groups is 1. The molecular formula is C15H14ClN3O2. The summed E-state index contributed by atoms with van der Waals surface area (Å²) in [6, 6.07) is 6.94. The summed E-state index contributed by atoms with van der Waals surface area (Å²) in [6.45, 7) is 0.385. The average Bonchev–Trinajstić information content (AvgIpc) is 2.52. The van der Waals surface area contributed by atoms with Crippen LogP contribution in [0, 0.1) is 0 Å². The summed E-state index contributed by atoms with van der Waals surface area (Å²) in [5.41, 5.74) is 1.28. The van der Waals surface area contributed by atoms with E-state index in [4.69, 9.17) is 16.3 Å². The van der Waals surface area contributed by atoms with Crippen molar-refractivity contribution in [2.24, 2.45) is 0 Å². The highest BCUT2D eigenvalue weighted by molar-refractivity contribution is 6.32. The first-order valence-electron chi connectivity index (χ1n) is 6.26. The molecule has 0 aliphatic carbocycles. The molecule has 0 aliphatic heterocycles. The van der Waals surface area contributed by atoms with Crippen LogP contribution in [0.3, 0.4) is 0 Å². The Morgan fingerprint density at radius 3 is 2.90 bits per heavy atom. The number of rotatable bonds is 5. The molecule has 0 unspecified atom stereocenters. The van der Waals surface area contributed by atoms with Crippen molar-refractivity contribution in [3.05, 3.63) is 59.0 Å². The largest absolute Gasteiger partial charge is 0.481 e. The van der Waals surface area contributed by atoms with Crippen LogP contribution in [0.1, 0.15) is 15.9 Å². The standard InChI is InChI=1S/C15H14ClN3O2/c1-21-13-7-6-11(10-19-13)4-2-9-18-15(20)12-5-3-8-17-14(12)16/h2-8,10H,9H2,1H3,(H,18,20). The van der Waals surface area contributed by atoms with Crippen LogP contribution in [0.2, 0.25) is 5.15 Å². The zero-order valence-electron chi connectivity index (χ0n) is 11.4. The minimum absolute atomic E-state index is 0.193. The first-order chi connectivity index (χ1) is 10.2. The van der Waals surface area contributed by atoms with E-state index in [-0.39, 0.29) is 11.1 Å². The van der Waals surface area contributed by atoms with E-state index >= 15 is 0 Å². The molecule has 0 aliphatic rings. The Bertz CT molecular complexity index is 642. The van der Waals surface area contributed by atoms with Crippen molar-refractivity contribution >= 4 is 23.6 Å². The lowest BCUT2D eigenvalue weighted by molar-refractivity contribution is 0.0958. The fourth-order valence-corrected chi connectivity index (χ4v) is 1.81. The molecule has 0 fully saturated rings. The van der Waals surface area contributed by atoms with Crippen LogP contribution in [0.4, 0.5) is 0 Å². The second-order valence-electron chi connectivity index (χ2n) is 4.09. The lowest BCUT2D eigenvalue weighted by Gasteiger charge is -2.03. The molecule has 108 valence electrons. The minimum atomic E-state index is -0.259. The summed E-state index contributed by atoms with van der Waals surface area (Å²) in [4.78, 5) is 19.8. The number of pyridine rings is 2. The average molecular weight is 304 g/mol. The predicted molar refractivity (Wildman–Crippen MR) is 81.4 cm³/mol. The summed E-state index contributed by atoms with van der Waals surface area (Å²) in [7, 11) is 1.57. The summed E-state index contributed by atoms with van der Waals surface area (Å²) >= 11 is 5.85. The second kappa shape index (κ2) is 7.40. The van der Waals surface area contributed by atoms with Crippen LogP contribution in [-0.4, -0.2) is 29.5 Å². The summed E-state index contributed by atoms with van der Waals surface area (Å²) in [5.74, 6) is 0.303. The molecule has 6 heteroatoms. The Balaban J connectivity index is 1.87. The van der Waals surface area contributed by atoms with Gasteiger partial charge in [0, 0.05) is 25.0 Å². The number of nitrogens with one attached hydrogen (secondary N) is 1. The number of ether oxygens (including phenoxy) is 1. The van der Waals surface area contributed by atoms with E-state index in [1.54, 1.807) is 31.5 Å². The van der Waals surface area contributed by atoms with E-state index < -0.39 is 0 Å². The molecule has 21 heavy (non-hydrogen) atoms. The Kier molecular flexibility index (Phi) is 5.29. The molecule has 0 saturated carbocycles. The molecular weight excluding hydrogens is 290 g/mol. The van der Waals surface area contributed by atoms with Gasteiger partial charge in [0.15, 0.2) is 0 Å². The van der Waals surface area contributed by atoms with Crippen molar-refractivity contribution < 1.29 is 9.53 Å². The molecule has 2 rings (SSSR count). The zero-order valence-corrected chi connectivity index (χ0v) is 12.2. The van der Waals surface area contributed by atoms with Crippen molar-refractivity contribution in [2.75, 3.05) is 13.7 Å². The maximum Gasteiger partial charge on any atom is 0.254 e. The van der Waals surface area contributed by atoms with Crippen molar-refractivity contribution in [3.63, 3.8) is 0 Å². The van der Waals surface area contributed by atoms with Crippen molar-refractivity contribution in [2.45, 2.75) is 0 Å². The molecule has 2 heterocycles. The topological polar surface area (TPSA) is 64.1 Å². The van der Waals surface area contributed by atoms with Gasteiger partial charge in [-0.25, -0.2) is 9.97 Å². The van der Waals surface area contributed by atoms with Crippen LogP contribution >= 0.6 is 11.6 Å². The number of aromatic nitrogens is 2. The minimum Gasteiger partial charge on any atom is -0.481 e. The smallest absolute Gasteiger partial charge is 0.254 e. The highest BCUT2D eigenvalue weighted by atomic mass is 35.5. The lowest BCUT2D eigenvalue weighted by atomic mass is 10.2. The molecule has 5 nitrogen and oxygen atoms in total. The Hall–Kier alpha value is -2.40. The summed E-state index contributed by atoms with van der Waals surface area (Å²) in [5, 5.41) is 2.93. The third-order valence-electron chi connectivity index (χ3n) is 2.66. The lowest BCUT2D eigenvalue weighted by Crippen LogP contribution is -2.23. The third-order valence-corrected chi connectivity index (χ3v) is 2.96. The van der Waals surface area contributed by atoms with Crippen LogP contribution in [0.15, 0.2) is 42.7 Å². The molecule has 0 atom stereocenters. The van der Waals surface area contributed by atoms with Gasteiger partial charge in [0.05, 0.1) is 12.7 Å². The van der Waals surface area contributed by atoms with Gasteiger partial charge in [0.25, 0.3) is 5.91 Å². The molecule has 2 aromatic rings. The van der Waals surface area contributed by atoms with Crippen LogP contribution in [0.5, 0.6) is 5.88 Å². The van der Waals surface area contributed by atoms with E-state index in [2.05, 4.69) is 15.3 Å². The number of carbonyl (C=O) groups excluding carboxylic acids is 1. The van der Waals surface area contributed by atoms with Crippen LogP contribution < -0.4 is 10.1 Å². The molecule has 0 spiro atoms. The van der Waals surface area contributed by atoms with Gasteiger partial charge >= 0.3 is 0 Å². The van der Waals surface area contributed by atoms with Gasteiger partial charge in [-0.15, -0.1) is 0 Å². The Morgan fingerprint density at radius 2 is 2.24 bits per heavy atom. The number of methoxy groups -OCH3 is 1. The number of hydrogen-bond acceptors (Lipinski definition) is 4. The molecule has 0 bridgehead atoms. The van der Waals surface area contributed by atoms with E-state index in [1.165, 1.54) is 6.20 Å². The molecule has 1 N–H and O–H groups in total. The van der Waals surface area contributed by atoms with Gasteiger partial charge < -0.3 is 10.1 Å². The van der Waals surface area contributed by atoms with Crippen molar-refractivity contribution in [3.8, 4) is 5.88 Å². The Morgan fingerprint density at radius 1 is 1.38 bits per heavy atom. The van der Waals surface area contributed by atoms with Gasteiger partial charge in [-0.1, -0.05) is 23.8 Å². The molecule has 0 aromatic carbocycles. The normalized spacial score (nSPS) is 10.6. The third kappa shape index (κ3) is 4.29.